The van der Waals surface area contributed by atoms with Crippen molar-refractivity contribution in [3.63, 3.8) is 0 Å². The summed E-state index contributed by atoms with van der Waals surface area (Å²) in [5.41, 5.74) is 4.65. The number of hydrogen-bond donors (Lipinski definition) is 1. The molecule has 0 bridgehead atoms. The van der Waals surface area contributed by atoms with E-state index in [1.54, 1.807) is 25.6 Å². The molecule has 0 spiro atoms. The van der Waals surface area contributed by atoms with Crippen LogP contribution in [0.3, 0.4) is 0 Å². The third-order valence-electron chi connectivity index (χ3n) is 4.63. The molecule has 2 aromatic carbocycles. The highest BCUT2D eigenvalue weighted by Gasteiger charge is 2.15. The lowest BCUT2D eigenvalue weighted by Crippen LogP contribution is -2.06. The Morgan fingerprint density at radius 1 is 0.862 bits per heavy atom. The van der Waals surface area contributed by atoms with Gasteiger partial charge in [-0.3, -0.25) is 0 Å². The molecule has 0 atom stereocenters. The van der Waals surface area contributed by atoms with Crippen LogP contribution in [-0.2, 0) is 29.2 Å². The van der Waals surface area contributed by atoms with E-state index in [-0.39, 0.29) is 0 Å². The normalized spacial score (nSPS) is 11.1. The van der Waals surface area contributed by atoms with E-state index in [1.807, 2.05) is 18.2 Å². The van der Waals surface area contributed by atoms with E-state index in [0.29, 0.717) is 25.6 Å². The Labute approximate surface area is 174 Å². The average Bonchev–Trinajstić information content (AvgIpc) is 3.18. The van der Waals surface area contributed by atoms with E-state index in [2.05, 4.69) is 52.1 Å². The van der Waals surface area contributed by atoms with Gasteiger partial charge in [-0.25, -0.2) is 9.97 Å². The molecular weight excluding hydrogens is 382 g/mol. The Morgan fingerprint density at radius 2 is 1.59 bits per heavy atom. The minimum absolute atomic E-state index is 0.384. The quantitative estimate of drug-likeness (QED) is 0.433. The predicted octanol–water partition coefficient (Wildman–Crippen LogP) is 5.26. The number of thiophene rings is 1. The van der Waals surface area contributed by atoms with Crippen molar-refractivity contribution in [2.75, 3.05) is 19.5 Å². The van der Waals surface area contributed by atoms with Crippen molar-refractivity contribution in [2.24, 2.45) is 0 Å². The standard InChI is InChI=1S/C23H23N3O2S/c1-27-13-17-10-8-16(9-11-17)12-24-22-21-19(18-6-4-3-5-7-18)15-29-23(21)26-20(25-22)14-28-2/h3-11,15H,12-14H2,1-2H3,(H,24,25,26). The number of benzene rings is 2. The number of methoxy groups -OCH3 is 2. The van der Waals surface area contributed by atoms with Gasteiger partial charge in [0.1, 0.15) is 17.3 Å². The van der Waals surface area contributed by atoms with Crippen LogP contribution in [0.25, 0.3) is 21.3 Å². The first kappa shape index (κ1) is 19.5. The van der Waals surface area contributed by atoms with Gasteiger partial charge < -0.3 is 14.8 Å². The summed E-state index contributed by atoms with van der Waals surface area (Å²) in [4.78, 5) is 10.4. The molecule has 0 aliphatic carbocycles. The van der Waals surface area contributed by atoms with Crippen molar-refractivity contribution >= 4 is 27.4 Å². The summed E-state index contributed by atoms with van der Waals surface area (Å²) in [6, 6.07) is 18.8. The lowest BCUT2D eigenvalue weighted by molar-refractivity contribution is 0.178. The first-order valence-electron chi connectivity index (χ1n) is 9.41. The maximum absolute atomic E-state index is 5.26. The van der Waals surface area contributed by atoms with E-state index in [0.717, 1.165) is 32.7 Å². The monoisotopic (exact) mass is 405 g/mol. The summed E-state index contributed by atoms with van der Waals surface area (Å²) in [6.07, 6.45) is 0. The molecule has 0 saturated carbocycles. The Kier molecular flexibility index (Phi) is 6.14. The van der Waals surface area contributed by atoms with Crippen molar-refractivity contribution in [1.82, 2.24) is 9.97 Å². The van der Waals surface area contributed by atoms with Crippen LogP contribution in [0.5, 0.6) is 0 Å². The molecule has 2 aromatic heterocycles. The topological polar surface area (TPSA) is 56.3 Å². The van der Waals surface area contributed by atoms with Crippen LogP contribution >= 0.6 is 11.3 Å². The van der Waals surface area contributed by atoms with E-state index < -0.39 is 0 Å². The molecule has 4 aromatic rings. The zero-order valence-electron chi connectivity index (χ0n) is 16.5. The molecule has 6 heteroatoms. The SMILES string of the molecule is COCc1ccc(CNc2nc(COC)nc3scc(-c4ccccc4)c23)cc1. The molecule has 4 rings (SSSR count). The molecular formula is C23H23N3O2S. The lowest BCUT2D eigenvalue weighted by atomic mass is 10.1. The predicted molar refractivity (Wildman–Crippen MR) is 118 cm³/mol. The van der Waals surface area contributed by atoms with Crippen molar-refractivity contribution in [1.29, 1.82) is 0 Å². The fourth-order valence-electron chi connectivity index (χ4n) is 3.24. The van der Waals surface area contributed by atoms with Crippen LogP contribution < -0.4 is 5.32 Å². The van der Waals surface area contributed by atoms with Crippen LogP contribution in [0.2, 0.25) is 0 Å². The maximum atomic E-state index is 5.26. The Morgan fingerprint density at radius 3 is 2.31 bits per heavy atom. The number of rotatable bonds is 8. The van der Waals surface area contributed by atoms with E-state index >= 15 is 0 Å². The van der Waals surface area contributed by atoms with E-state index in [1.165, 1.54) is 5.56 Å². The van der Waals surface area contributed by atoms with E-state index in [9.17, 15) is 0 Å². The van der Waals surface area contributed by atoms with Crippen LogP contribution in [0, 0.1) is 0 Å². The van der Waals surface area contributed by atoms with Crippen LogP contribution in [0.4, 0.5) is 5.82 Å². The van der Waals surface area contributed by atoms with Gasteiger partial charge in [0.2, 0.25) is 0 Å². The van der Waals surface area contributed by atoms with Gasteiger partial charge in [-0.15, -0.1) is 11.3 Å². The van der Waals surface area contributed by atoms with Crippen LogP contribution in [0.15, 0.2) is 60.0 Å². The van der Waals surface area contributed by atoms with Crippen molar-refractivity contribution < 1.29 is 9.47 Å². The second-order valence-electron chi connectivity index (χ2n) is 6.72. The molecule has 0 unspecified atom stereocenters. The third-order valence-corrected chi connectivity index (χ3v) is 5.50. The first-order valence-corrected chi connectivity index (χ1v) is 10.3. The number of anilines is 1. The molecule has 0 fully saturated rings. The summed E-state index contributed by atoms with van der Waals surface area (Å²) in [5, 5.41) is 6.72. The van der Waals surface area contributed by atoms with Gasteiger partial charge in [-0.05, 0) is 16.7 Å². The number of nitrogens with one attached hydrogen (secondary N) is 1. The van der Waals surface area contributed by atoms with Gasteiger partial charge in [0.15, 0.2) is 5.82 Å². The molecule has 2 heterocycles. The smallest absolute Gasteiger partial charge is 0.158 e. The molecule has 0 amide bonds. The molecule has 0 aliphatic heterocycles. The number of ether oxygens (including phenoxy) is 2. The minimum atomic E-state index is 0.384. The summed E-state index contributed by atoms with van der Waals surface area (Å²) in [7, 11) is 3.37. The summed E-state index contributed by atoms with van der Waals surface area (Å²) in [6.45, 7) is 1.68. The van der Waals surface area contributed by atoms with Gasteiger partial charge in [0.05, 0.1) is 12.0 Å². The van der Waals surface area contributed by atoms with Gasteiger partial charge in [0.25, 0.3) is 0 Å². The number of nitrogens with zero attached hydrogens (tertiary/aromatic N) is 2. The second-order valence-corrected chi connectivity index (χ2v) is 7.58. The highest BCUT2D eigenvalue weighted by atomic mass is 32.1. The van der Waals surface area contributed by atoms with Crippen molar-refractivity contribution in [3.05, 3.63) is 76.9 Å². The zero-order valence-corrected chi connectivity index (χ0v) is 17.3. The fourth-order valence-corrected chi connectivity index (χ4v) is 4.21. The van der Waals surface area contributed by atoms with Crippen molar-refractivity contribution in [3.8, 4) is 11.1 Å². The van der Waals surface area contributed by atoms with Crippen molar-refractivity contribution in [2.45, 2.75) is 19.8 Å². The highest BCUT2D eigenvalue weighted by Crippen LogP contribution is 2.37. The zero-order chi connectivity index (χ0) is 20.1. The summed E-state index contributed by atoms with van der Waals surface area (Å²) < 4.78 is 10.4. The Bertz CT molecular complexity index is 1080. The third kappa shape index (κ3) is 4.45. The van der Waals surface area contributed by atoms with Gasteiger partial charge >= 0.3 is 0 Å². The Hall–Kier alpha value is -2.80. The molecule has 0 saturated heterocycles. The summed E-state index contributed by atoms with van der Waals surface area (Å²) in [5.74, 6) is 1.52. The first-order chi connectivity index (χ1) is 14.3. The highest BCUT2D eigenvalue weighted by molar-refractivity contribution is 7.17. The number of aromatic nitrogens is 2. The van der Waals surface area contributed by atoms with E-state index in [4.69, 9.17) is 14.5 Å². The number of fused-ring (bicyclic) bond motifs is 1. The molecule has 5 nitrogen and oxygen atoms in total. The van der Waals surface area contributed by atoms with Gasteiger partial charge in [-0.2, -0.15) is 0 Å². The fraction of sp³-hybridized carbons (Fsp3) is 0.217. The average molecular weight is 406 g/mol. The van der Waals surface area contributed by atoms with Gasteiger partial charge in [-0.1, -0.05) is 54.6 Å². The molecule has 0 aliphatic rings. The second kappa shape index (κ2) is 9.13. The number of hydrogen-bond acceptors (Lipinski definition) is 6. The molecule has 1 N–H and O–H groups in total. The van der Waals surface area contributed by atoms with Crippen LogP contribution in [0.1, 0.15) is 17.0 Å². The molecule has 29 heavy (non-hydrogen) atoms. The summed E-state index contributed by atoms with van der Waals surface area (Å²) >= 11 is 1.63. The minimum Gasteiger partial charge on any atom is -0.380 e. The maximum Gasteiger partial charge on any atom is 0.158 e. The Balaban J connectivity index is 1.68. The van der Waals surface area contributed by atoms with Crippen LogP contribution in [-0.4, -0.2) is 24.2 Å². The van der Waals surface area contributed by atoms with Gasteiger partial charge in [0, 0.05) is 31.7 Å². The largest absolute Gasteiger partial charge is 0.380 e. The lowest BCUT2D eigenvalue weighted by Gasteiger charge is -2.11. The molecule has 148 valence electrons. The molecule has 0 radical (unpaired) electrons.